The predicted molar refractivity (Wildman–Crippen MR) is 73.4 cm³/mol. The third kappa shape index (κ3) is 3.35. The van der Waals surface area contributed by atoms with Gasteiger partial charge in [-0.25, -0.2) is 14.4 Å². The van der Waals surface area contributed by atoms with Gasteiger partial charge in [0.2, 0.25) is 0 Å². The van der Waals surface area contributed by atoms with E-state index < -0.39 is 0 Å². The molecule has 1 aromatic carbocycles. The van der Waals surface area contributed by atoms with E-state index in [1.807, 2.05) is 32.9 Å². The molecule has 0 radical (unpaired) electrons. The van der Waals surface area contributed by atoms with E-state index in [1.54, 1.807) is 12.3 Å². The number of hydrogen-bond donors (Lipinski definition) is 1. The molecule has 1 aromatic heterocycles. The van der Waals surface area contributed by atoms with Gasteiger partial charge in [-0.1, -0.05) is 13.0 Å². The molecule has 19 heavy (non-hydrogen) atoms. The molecule has 3 nitrogen and oxygen atoms in total. The van der Waals surface area contributed by atoms with Crippen molar-refractivity contribution in [2.75, 3.05) is 6.54 Å². The van der Waals surface area contributed by atoms with Crippen molar-refractivity contribution in [1.29, 1.82) is 0 Å². The highest BCUT2D eigenvalue weighted by atomic mass is 19.1. The van der Waals surface area contributed by atoms with Crippen molar-refractivity contribution in [1.82, 2.24) is 15.3 Å². The van der Waals surface area contributed by atoms with Gasteiger partial charge < -0.3 is 5.32 Å². The maximum atomic E-state index is 13.6. The van der Waals surface area contributed by atoms with E-state index in [-0.39, 0.29) is 11.9 Å². The Kier molecular flexibility index (Phi) is 4.22. The summed E-state index contributed by atoms with van der Waals surface area (Å²) < 4.78 is 13.6. The van der Waals surface area contributed by atoms with Gasteiger partial charge in [-0.05, 0) is 49.7 Å². The molecule has 2 rings (SSSR count). The Balaban J connectivity index is 2.44. The van der Waals surface area contributed by atoms with E-state index in [9.17, 15) is 4.39 Å². The highest BCUT2D eigenvalue weighted by Gasteiger charge is 2.15. The van der Waals surface area contributed by atoms with Gasteiger partial charge in [-0.2, -0.15) is 0 Å². The normalized spacial score (nSPS) is 12.4. The lowest BCUT2D eigenvalue weighted by Crippen LogP contribution is -2.23. The first kappa shape index (κ1) is 13.6. The van der Waals surface area contributed by atoms with Gasteiger partial charge in [0.15, 0.2) is 0 Å². The molecule has 0 aliphatic heterocycles. The summed E-state index contributed by atoms with van der Waals surface area (Å²) in [6.45, 7) is 6.54. The van der Waals surface area contributed by atoms with Crippen molar-refractivity contribution < 1.29 is 4.39 Å². The Bertz CT molecular complexity index is 549. The topological polar surface area (TPSA) is 37.8 Å². The van der Waals surface area contributed by atoms with Crippen LogP contribution in [0.25, 0.3) is 0 Å². The van der Waals surface area contributed by atoms with E-state index >= 15 is 0 Å². The molecule has 1 unspecified atom stereocenters. The van der Waals surface area contributed by atoms with Crippen molar-refractivity contribution in [3.63, 3.8) is 0 Å². The molecule has 0 saturated heterocycles. The first-order valence-corrected chi connectivity index (χ1v) is 6.40. The second-order valence-electron chi connectivity index (χ2n) is 4.58. The van der Waals surface area contributed by atoms with Crippen LogP contribution in [-0.2, 0) is 0 Å². The molecule has 4 heteroatoms. The molecule has 0 saturated carbocycles. The van der Waals surface area contributed by atoms with Crippen LogP contribution < -0.4 is 5.32 Å². The van der Waals surface area contributed by atoms with Crippen LogP contribution in [0.2, 0.25) is 0 Å². The second-order valence-corrected chi connectivity index (χ2v) is 4.58. The monoisotopic (exact) mass is 259 g/mol. The molecule has 0 amide bonds. The Hall–Kier alpha value is -1.81. The summed E-state index contributed by atoms with van der Waals surface area (Å²) in [7, 11) is 0. The summed E-state index contributed by atoms with van der Waals surface area (Å²) in [6.07, 6.45) is 1.73. The van der Waals surface area contributed by atoms with Crippen LogP contribution in [0.5, 0.6) is 0 Å². The zero-order valence-electron chi connectivity index (χ0n) is 11.4. The lowest BCUT2D eigenvalue weighted by atomic mass is 10.0. The summed E-state index contributed by atoms with van der Waals surface area (Å²) >= 11 is 0. The molecular formula is C15H18FN3. The SMILES string of the molecule is CCNC(c1cc(C)cc(F)c1)c1ccnc(C)n1. The fourth-order valence-electron chi connectivity index (χ4n) is 2.16. The van der Waals surface area contributed by atoms with Crippen molar-refractivity contribution in [3.8, 4) is 0 Å². The number of rotatable bonds is 4. The maximum absolute atomic E-state index is 13.6. The highest BCUT2D eigenvalue weighted by Crippen LogP contribution is 2.22. The van der Waals surface area contributed by atoms with Gasteiger partial charge in [0.1, 0.15) is 11.6 Å². The maximum Gasteiger partial charge on any atom is 0.125 e. The van der Waals surface area contributed by atoms with E-state index in [4.69, 9.17) is 0 Å². The van der Waals surface area contributed by atoms with Crippen LogP contribution in [0.1, 0.15) is 35.6 Å². The molecule has 1 atom stereocenters. The zero-order valence-corrected chi connectivity index (χ0v) is 11.4. The zero-order chi connectivity index (χ0) is 13.8. The van der Waals surface area contributed by atoms with E-state index in [1.165, 1.54) is 6.07 Å². The Morgan fingerprint density at radius 1 is 1.26 bits per heavy atom. The summed E-state index contributed by atoms with van der Waals surface area (Å²) in [6, 6.07) is 6.81. The van der Waals surface area contributed by atoms with Gasteiger partial charge in [-0.3, -0.25) is 0 Å². The van der Waals surface area contributed by atoms with Crippen LogP contribution in [0.3, 0.4) is 0 Å². The number of nitrogens with one attached hydrogen (secondary N) is 1. The van der Waals surface area contributed by atoms with E-state index in [2.05, 4.69) is 15.3 Å². The quantitative estimate of drug-likeness (QED) is 0.917. The van der Waals surface area contributed by atoms with Crippen molar-refractivity contribution in [2.45, 2.75) is 26.8 Å². The third-order valence-electron chi connectivity index (χ3n) is 2.90. The Labute approximate surface area is 112 Å². The van der Waals surface area contributed by atoms with E-state index in [0.717, 1.165) is 23.4 Å². The summed E-state index contributed by atoms with van der Waals surface area (Å²) in [4.78, 5) is 8.53. The molecule has 0 aliphatic rings. The van der Waals surface area contributed by atoms with E-state index in [0.29, 0.717) is 5.82 Å². The molecule has 1 N–H and O–H groups in total. The van der Waals surface area contributed by atoms with Crippen molar-refractivity contribution >= 4 is 0 Å². The predicted octanol–water partition coefficient (Wildman–Crippen LogP) is 2.93. The average Bonchev–Trinajstić information content (AvgIpc) is 2.34. The van der Waals surface area contributed by atoms with Gasteiger partial charge >= 0.3 is 0 Å². The number of hydrogen-bond acceptors (Lipinski definition) is 3. The highest BCUT2D eigenvalue weighted by molar-refractivity contribution is 5.31. The van der Waals surface area contributed by atoms with Gasteiger partial charge in [-0.15, -0.1) is 0 Å². The number of aromatic nitrogens is 2. The minimum absolute atomic E-state index is 0.110. The number of nitrogens with zero attached hydrogens (tertiary/aromatic N) is 2. The molecule has 0 bridgehead atoms. The minimum Gasteiger partial charge on any atom is -0.305 e. The first-order valence-electron chi connectivity index (χ1n) is 6.40. The largest absolute Gasteiger partial charge is 0.305 e. The van der Waals surface area contributed by atoms with Gasteiger partial charge in [0, 0.05) is 6.20 Å². The molecule has 0 spiro atoms. The lowest BCUT2D eigenvalue weighted by molar-refractivity contribution is 0.592. The van der Waals surface area contributed by atoms with Crippen LogP contribution >= 0.6 is 0 Å². The van der Waals surface area contributed by atoms with Crippen LogP contribution in [-0.4, -0.2) is 16.5 Å². The summed E-state index contributed by atoms with van der Waals surface area (Å²) in [5, 5.41) is 3.34. The van der Waals surface area contributed by atoms with Crippen molar-refractivity contribution in [3.05, 3.63) is 58.9 Å². The molecule has 0 fully saturated rings. The lowest BCUT2D eigenvalue weighted by Gasteiger charge is -2.18. The van der Waals surface area contributed by atoms with Gasteiger partial charge in [0.05, 0.1) is 11.7 Å². The fourth-order valence-corrected chi connectivity index (χ4v) is 2.16. The average molecular weight is 259 g/mol. The molecule has 100 valence electrons. The fraction of sp³-hybridized carbons (Fsp3) is 0.333. The third-order valence-corrected chi connectivity index (χ3v) is 2.90. The smallest absolute Gasteiger partial charge is 0.125 e. The number of aryl methyl sites for hydroxylation is 2. The Morgan fingerprint density at radius 2 is 2.05 bits per heavy atom. The number of benzene rings is 1. The molecule has 1 heterocycles. The molecule has 0 aliphatic carbocycles. The number of halogens is 1. The second kappa shape index (κ2) is 5.89. The van der Waals surface area contributed by atoms with Crippen LogP contribution in [0.15, 0.2) is 30.5 Å². The first-order chi connectivity index (χ1) is 9.10. The molecular weight excluding hydrogens is 241 g/mol. The van der Waals surface area contributed by atoms with Crippen molar-refractivity contribution in [2.24, 2.45) is 0 Å². The molecule has 2 aromatic rings. The summed E-state index contributed by atoms with van der Waals surface area (Å²) in [5.74, 6) is 0.497. The summed E-state index contributed by atoms with van der Waals surface area (Å²) in [5.41, 5.74) is 2.65. The van der Waals surface area contributed by atoms with Gasteiger partial charge in [0.25, 0.3) is 0 Å². The minimum atomic E-state index is -0.219. The van der Waals surface area contributed by atoms with Crippen LogP contribution in [0.4, 0.5) is 4.39 Å². The Morgan fingerprint density at radius 3 is 2.68 bits per heavy atom. The standard InChI is InChI=1S/C15H18FN3/c1-4-17-15(14-5-6-18-11(3)19-14)12-7-10(2)8-13(16)9-12/h5-9,15,17H,4H2,1-3H3. The van der Waals surface area contributed by atoms with Crippen LogP contribution in [0, 0.1) is 19.7 Å².